The predicted molar refractivity (Wildman–Crippen MR) is 96.9 cm³/mol. The fraction of sp³-hybridized carbons (Fsp3) is 0.235. The minimum Gasteiger partial charge on any atom is -0.326 e. The van der Waals surface area contributed by atoms with E-state index in [4.69, 9.17) is 0 Å². The molecule has 26 heavy (non-hydrogen) atoms. The van der Waals surface area contributed by atoms with Gasteiger partial charge in [0.1, 0.15) is 18.6 Å². The molecule has 9 heteroatoms. The molecule has 0 spiro atoms. The van der Waals surface area contributed by atoms with Crippen molar-refractivity contribution >= 4 is 28.8 Å². The molecule has 132 valence electrons. The van der Waals surface area contributed by atoms with E-state index in [0.717, 1.165) is 11.3 Å². The van der Waals surface area contributed by atoms with E-state index >= 15 is 0 Å². The summed E-state index contributed by atoms with van der Waals surface area (Å²) in [5, 5.41) is 8.77. The molecule has 4 rings (SSSR count). The minimum absolute atomic E-state index is 0.0435. The van der Waals surface area contributed by atoms with Crippen LogP contribution in [0.25, 0.3) is 10.8 Å². The lowest BCUT2D eigenvalue weighted by Gasteiger charge is -2.34. The molecule has 0 aliphatic carbocycles. The van der Waals surface area contributed by atoms with E-state index in [2.05, 4.69) is 20.2 Å². The molecule has 2 amide bonds. The van der Waals surface area contributed by atoms with E-state index in [0.29, 0.717) is 29.6 Å². The van der Waals surface area contributed by atoms with Crippen molar-refractivity contribution in [3.63, 3.8) is 0 Å². The number of hydrogen-bond acceptors (Lipinski definition) is 6. The molecule has 1 aliphatic heterocycles. The molecule has 2 aromatic heterocycles. The molecule has 0 atom stereocenters. The first-order valence-electron chi connectivity index (χ1n) is 8.09. The van der Waals surface area contributed by atoms with Crippen molar-refractivity contribution in [2.75, 3.05) is 24.5 Å². The zero-order valence-electron chi connectivity index (χ0n) is 14.0. The van der Waals surface area contributed by atoms with E-state index in [1.807, 2.05) is 31.2 Å². The van der Waals surface area contributed by atoms with Crippen LogP contribution >= 0.6 is 11.3 Å². The van der Waals surface area contributed by atoms with Crippen molar-refractivity contribution in [1.82, 2.24) is 25.1 Å². The lowest BCUT2D eigenvalue weighted by molar-refractivity contribution is -0.120. The molecule has 0 bridgehead atoms. The fourth-order valence-corrected chi connectivity index (χ4v) is 3.53. The molecule has 0 saturated carbocycles. The monoisotopic (exact) mass is 368 g/mol. The molecule has 0 unspecified atom stereocenters. The smallest absolute Gasteiger partial charge is 0.273 e. The molecule has 1 saturated heterocycles. The van der Waals surface area contributed by atoms with E-state index in [1.54, 1.807) is 10.3 Å². The standard InChI is InChI=1S/C17H16N6O2S/c1-11-2-4-12(5-3-11)23-7-6-22(8-14(23)24)17(25)13-9-26-16(20-13)15-18-10-19-21-15/h2-5,9-10H,6-8H2,1H3,(H,18,19,21). The van der Waals surface area contributed by atoms with Crippen molar-refractivity contribution in [2.45, 2.75) is 6.92 Å². The average molecular weight is 368 g/mol. The van der Waals surface area contributed by atoms with Crippen molar-refractivity contribution in [3.05, 3.63) is 47.2 Å². The largest absolute Gasteiger partial charge is 0.326 e. The highest BCUT2D eigenvalue weighted by molar-refractivity contribution is 7.13. The number of thiazole rings is 1. The third-order valence-electron chi connectivity index (χ3n) is 4.19. The highest BCUT2D eigenvalue weighted by atomic mass is 32.1. The van der Waals surface area contributed by atoms with Crippen molar-refractivity contribution in [1.29, 1.82) is 0 Å². The number of aromatic nitrogens is 4. The van der Waals surface area contributed by atoms with Gasteiger partial charge in [0.15, 0.2) is 10.8 Å². The number of rotatable bonds is 3. The first kappa shape index (κ1) is 16.4. The minimum atomic E-state index is -0.246. The molecule has 1 aromatic carbocycles. The van der Waals surface area contributed by atoms with Gasteiger partial charge >= 0.3 is 0 Å². The first-order chi connectivity index (χ1) is 12.6. The van der Waals surface area contributed by atoms with E-state index < -0.39 is 0 Å². The third kappa shape index (κ3) is 3.08. The van der Waals surface area contributed by atoms with Crippen LogP contribution in [-0.4, -0.2) is 56.5 Å². The second kappa shape index (κ2) is 6.68. The van der Waals surface area contributed by atoms with Crippen LogP contribution in [0.1, 0.15) is 16.1 Å². The fourth-order valence-electron chi connectivity index (χ4n) is 2.80. The highest BCUT2D eigenvalue weighted by Gasteiger charge is 2.29. The number of carbonyl (C=O) groups excluding carboxylic acids is 2. The van der Waals surface area contributed by atoms with Crippen LogP contribution in [0.15, 0.2) is 36.0 Å². The number of nitrogens with one attached hydrogen (secondary N) is 1. The Morgan fingerprint density at radius 2 is 2.04 bits per heavy atom. The second-order valence-corrected chi connectivity index (χ2v) is 6.84. The molecule has 3 heterocycles. The summed E-state index contributed by atoms with van der Waals surface area (Å²) in [6.07, 6.45) is 1.39. The molecule has 0 radical (unpaired) electrons. The Hall–Kier alpha value is -3.07. The number of carbonyl (C=O) groups is 2. The molecule has 1 fully saturated rings. The molecular formula is C17H16N6O2S. The van der Waals surface area contributed by atoms with Gasteiger partial charge in [0.25, 0.3) is 5.91 Å². The Kier molecular flexibility index (Phi) is 4.21. The molecule has 1 N–H and O–H groups in total. The summed E-state index contributed by atoms with van der Waals surface area (Å²) in [6, 6.07) is 7.80. The van der Waals surface area contributed by atoms with Gasteiger partial charge in [-0.3, -0.25) is 14.7 Å². The molecule has 3 aromatic rings. The summed E-state index contributed by atoms with van der Waals surface area (Å²) >= 11 is 1.31. The van der Waals surface area contributed by atoms with E-state index in [9.17, 15) is 9.59 Å². The van der Waals surface area contributed by atoms with Gasteiger partial charge in [0.2, 0.25) is 5.91 Å². The maximum absolute atomic E-state index is 12.7. The number of hydrogen-bond donors (Lipinski definition) is 1. The van der Waals surface area contributed by atoms with Crippen LogP contribution in [0.2, 0.25) is 0 Å². The van der Waals surface area contributed by atoms with Gasteiger partial charge < -0.3 is 9.80 Å². The Balaban J connectivity index is 1.46. The van der Waals surface area contributed by atoms with Crippen LogP contribution < -0.4 is 4.90 Å². The summed E-state index contributed by atoms with van der Waals surface area (Å²) < 4.78 is 0. The number of benzene rings is 1. The summed E-state index contributed by atoms with van der Waals surface area (Å²) in [5.74, 6) is 0.178. The van der Waals surface area contributed by atoms with Gasteiger partial charge in [0, 0.05) is 24.2 Å². The number of piperazine rings is 1. The maximum atomic E-state index is 12.7. The van der Waals surface area contributed by atoms with Gasteiger partial charge in [-0.1, -0.05) is 17.7 Å². The topological polar surface area (TPSA) is 95.1 Å². The van der Waals surface area contributed by atoms with Gasteiger partial charge in [-0.15, -0.1) is 11.3 Å². The van der Waals surface area contributed by atoms with Crippen LogP contribution in [0.4, 0.5) is 5.69 Å². The highest BCUT2D eigenvalue weighted by Crippen LogP contribution is 2.22. The lowest BCUT2D eigenvalue weighted by Crippen LogP contribution is -2.52. The van der Waals surface area contributed by atoms with Crippen molar-refractivity contribution in [2.24, 2.45) is 0 Å². The lowest BCUT2D eigenvalue weighted by atomic mass is 10.2. The van der Waals surface area contributed by atoms with Gasteiger partial charge in [-0.05, 0) is 19.1 Å². The number of aryl methyl sites for hydroxylation is 1. The summed E-state index contributed by atoms with van der Waals surface area (Å²) in [5.41, 5.74) is 2.31. The Labute approximate surface area is 153 Å². The maximum Gasteiger partial charge on any atom is 0.273 e. The van der Waals surface area contributed by atoms with E-state index in [-0.39, 0.29) is 18.4 Å². The molecular weight excluding hydrogens is 352 g/mol. The Morgan fingerprint density at radius 3 is 2.73 bits per heavy atom. The SMILES string of the molecule is Cc1ccc(N2CCN(C(=O)c3csc(-c4ncn[nH]4)n3)CC2=O)cc1. The Bertz CT molecular complexity index is 935. The predicted octanol–water partition coefficient (Wildman–Crippen LogP) is 1.73. The average Bonchev–Trinajstić information content (AvgIpc) is 3.33. The number of amides is 2. The van der Waals surface area contributed by atoms with Crippen molar-refractivity contribution in [3.8, 4) is 10.8 Å². The summed E-state index contributed by atoms with van der Waals surface area (Å²) in [7, 11) is 0. The number of anilines is 1. The van der Waals surface area contributed by atoms with Gasteiger partial charge in [0.05, 0.1) is 0 Å². The van der Waals surface area contributed by atoms with E-state index in [1.165, 1.54) is 22.6 Å². The third-order valence-corrected chi connectivity index (χ3v) is 5.04. The zero-order valence-corrected chi connectivity index (χ0v) is 14.9. The second-order valence-electron chi connectivity index (χ2n) is 5.98. The number of nitrogens with zero attached hydrogens (tertiary/aromatic N) is 5. The number of H-pyrrole nitrogens is 1. The van der Waals surface area contributed by atoms with Crippen LogP contribution in [0.5, 0.6) is 0 Å². The molecule has 1 aliphatic rings. The zero-order chi connectivity index (χ0) is 18.1. The Morgan fingerprint density at radius 1 is 1.23 bits per heavy atom. The van der Waals surface area contributed by atoms with Crippen LogP contribution in [0, 0.1) is 6.92 Å². The normalized spacial score (nSPS) is 14.7. The molecule has 8 nitrogen and oxygen atoms in total. The first-order valence-corrected chi connectivity index (χ1v) is 8.97. The quantitative estimate of drug-likeness (QED) is 0.760. The van der Waals surface area contributed by atoms with Gasteiger partial charge in [-0.2, -0.15) is 5.10 Å². The van der Waals surface area contributed by atoms with Crippen molar-refractivity contribution < 1.29 is 9.59 Å². The summed E-state index contributed by atoms with van der Waals surface area (Å²) in [6.45, 7) is 2.98. The summed E-state index contributed by atoms with van der Waals surface area (Å²) in [4.78, 5) is 36.8. The van der Waals surface area contributed by atoms with Crippen LogP contribution in [-0.2, 0) is 4.79 Å². The van der Waals surface area contributed by atoms with Gasteiger partial charge in [-0.25, -0.2) is 9.97 Å². The number of aromatic amines is 1. The van der Waals surface area contributed by atoms with Crippen LogP contribution in [0.3, 0.4) is 0 Å².